The van der Waals surface area contributed by atoms with Crippen molar-refractivity contribution in [3.8, 4) is 0 Å². The van der Waals surface area contributed by atoms with E-state index < -0.39 is 0 Å². The van der Waals surface area contributed by atoms with Gasteiger partial charge in [-0.1, -0.05) is 57.5 Å². The SMILES string of the molecule is CCCNC(Cc1ccc(C)cc1)C(C)C(C)C. The highest BCUT2D eigenvalue weighted by Gasteiger charge is 2.19. The lowest BCUT2D eigenvalue weighted by molar-refractivity contribution is 0.297. The van der Waals surface area contributed by atoms with Crippen LogP contribution in [0.3, 0.4) is 0 Å². The first-order valence-electron chi connectivity index (χ1n) is 7.33. The molecule has 0 saturated carbocycles. The van der Waals surface area contributed by atoms with Crippen LogP contribution < -0.4 is 5.32 Å². The molecule has 1 aromatic carbocycles. The Balaban J connectivity index is 2.68. The molecule has 18 heavy (non-hydrogen) atoms. The molecule has 1 aromatic rings. The average Bonchev–Trinajstić information content (AvgIpc) is 2.35. The minimum absolute atomic E-state index is 0.590. The summed E-state index contributed by atoms with van der Waals surface area (Å²) in [4.78, 5) is 0. The number of nitrogens with one attached hydrogen (secondary N) is 1. The van der Waals surface area contributed by atoms with Crippen molar-refractivity contribution in [1.29, 1.82) is 0 Å². The summed E-state index contributed by atoms with van der Waals surface area (Å²) in [5, 5.41) is 3.71. The van der Waals surface area contributed by atoms with Crippen molar-refractivity contribution in [3.63, 3.8) is 0 Å². The van der Waals surface area contributed by atoms with Gasteiger partial charge in [0.05, 0.1) is 0 Å². The lowest BCUT2D eigenvalue weighted by Gasteiger charge is -2.28. The third-order valence-corrected chi connectivity index (χ3v) is 3.92. The van der Waals surface area contributed by atoms with Crippen molar-refractivity contribution < 1.29 is 0 Å². The van der Waals surface area contributed by atoms with Crippen LogP contribution in [-0.2, 0) is 6.42 Å². The first-order valence-corrected chi connectivity index (χ1v) is 7.33. The number of benzene rings is 1. The molecule has 0 saturated heterocycles. The van der Waals surface area contributed by atoms with Crippen LogP contribution in [0.15, 0.2) is 24.3 Å². The van der Waals surface area contributed by atoms with E-state index >= 15 is 0 Å². The summed E-state index contributed by atoms with van der Waals surface area (Å²) in [6.45, 7) is 12.5. The Kier molecular flexibility index (Phi) is 6.42. The summed E-state index contributed by atoms with van der Waals surface area (Å²) in [7, 11) is 0. The maximum atomic E-state index is 3.71. The van der Waals surface area contributed by atoms with Crippen molar-refractivity contribution in [3.05, 3.63) is 35.4 Å². The first kappa shape index (κ1) is 15.2. The monoisotopic (exact) mass is 247 g/mol. The third kappa shape index (κ3) is 4.81. The van der Waals surface area contributed by atoms with Gasteiger partial charge in [-0.2, -0.15) is 0 Å². The van der Waals surface area contributed by atoms with Crippen LogP contribution in [-0.4, -0.2) is 12.6 Å². The van der Waals surface area contributed by atoms with Crippen molar-refractivity contribution in [1.82, 2.24) is 5.32 Å². The Morgan fingerprint density at radius 3 is 2.17 bits per heavy atom. The van der Waals surface area contributed by atoms with Crippen molar-refractivity contribution in [2.24, 2.45) is 11.8 Å². The molecule has 1 nitrogen and oxygen atoms in total. The Hall–Kier alpha value is -0.820. The third-order valence-electron chi connectivity index (χ3n) is 3.92. The molecule has 1 N–H and O–H groups in total. The molecule has 0 spiro atoms. The number of rotatable bonds is 7. The fraction of sp³-hybridized carbons (Fsp3) is 0.647. The van der Waals surface area contributed by atoms with E-state index in [1.807, 2.05) is 0 Å². The van der Waals surface area contributed by atoms with Gasteiger partial charge in [-0.05, 0) is 43.7 Å². The van der Waals surface area contributed by atoms with Crippen LogP contribution in [0.25, 0.3) is 0 Å². The fourth-order valence-corrected chi connectivity index (χ4v) is 2.22. The van der Waals surface area contributed by atoms with E-state index in [2.05, 4.69) is 64.2 Å². The number of aryl methyl sites for hydroxylation is 1. The second-order valence-corrected chi connectivity index (χ2v) is 5.85. The van der Waals surface area contributed by atoms with Crippen molar-refractivity contribution >= 4 is 0 Å². The second kappa shape index (κ2) is 7.58. The molecule has 1 rings (SSSR count). The summed E-state index contributed by atoms with van der Waals surface area (Å²) in [5.74, 6) is 1.43. The van der Waals surface area contributed by atoms with E-state index in [1.54, 1.807) is 0 Å². The fourth-order valence-electron chi connectivity index (χ4n) is 2.22. The van der Waals surface area contributed by atoms with Gasteiger partial charge in [-0.25, -0.2) is 0 Å². The highest BCUT2D eigenvalue weighted by atomic mass is 14.9. The Morgan fingerprint density at radius 1 is 1.06 bits per heavy atom. The zero-order valence-electron chi connectivity index (χ0n) is 12.7. The molecule has 0 fully saturated rings. The normalized spacial score (nSPS) is 14.8. The van der Waals surface area contributed by atoms with Gasteiger partial charge in [0.25, 0.3) is 0 Å². The zero-order chi connectivity index (χ0) is 13.5. The number of hydrogen-bond donors (Lipinski definition) is 1. The maximum absolute atomic E-state index is 3.71. The Bertz CT molecular complexity index is 326. The van der Waals surface area contributed by atoms with Crippen LogP contribution in [0.4, 0.5) is 0 Å². The molecule has 102 valence electrons. The zero-order valence-corrected chi connectivity index (χ0v) is 12.7. The second-order valence-electron chi connectivity index (χ2n) is 5.85. The minimum atomic E-state index is 0.590. The lowest BCUT2D eigenvalue weighted by atomic mass is 9.86. The molecule has 0 aliphatic carbocycles. The Labute approximate surface area is 113 Å². The van der Waals surface area contributed by atoms with E-state index in [1.165, 1.54) is 17.5 Å². The van der Waals surface area contributed by atoms with E-state index in [0.717, 1.165) is 18.9 Å². The summed E-state index contributed by atoms with van der Waals surface area (Å²) in [5.41, 5.74) is 2.79. The molecule has 2 unspecified atom stereocenters. The summed E-state index contributed by atoms with van der Waals surface area (Å²) < 4.78 is 0. The smallest absolute Gasteiger partial charge is 0.0135 e. The van der Waals surface area contributed by atoms with E-state index in [9.17, 15) is 0 Å². The van der Waals surface area contributed by atoms with Crippen LogP contribution in [0.2, 0.25) is 0 Å². The van der Waals surface area contributed by atoms with Gasteiger partial charge in [0.15, 0.2) is 0 Å². The molecule has 0 heterocycles. The quantitative estimate of drug-likeness (QED) is 0.761. The molecule has 2 atom stereocenters. The molecule has 0 aliphatic heterocycles. The van der Waals surface area contributed by atoms with Crippen molar-refractivity contribution in [2.45, 2.75) is 53.5 Å². The number of hydrogen-bond acceptors (Lipinski definition) is 1. The van der Waals surface area contributed by atoms with Crippen LogP contribution in [0.1, 0.15) is 45.2 Å². The van der Waals surface area contributed by atoms with Crippen molar-refractivity contribution in [2.75, 3.05) is 6.54 Å². The standard InChI is InChI=1S/C17H29N/c1-6-11-18-17(15(5)13(2)3)12-16-9-7-14(4)8-10-16/h7-10,13,15,17-18H,6,11-12H2,1-5H3. The largest absolute Gasteiger partial charge is 0.313 e. The molecule has 0 aromatic heterocycles. The molecule has 0 bridgehead atoms. The van der Waals surface area contributed by atoms with Gasteiger partial charge in [0.2, 0.25) is 0 Å². The highest BCUT2D eigenvalue weighted by Crippen LogP contribution is 2.18. The van der Waals surface area contributed by atoms with Gasteiger partial charge >= 0.3 is 0 Å². The van der Waals surface area contributed by atoms with Crippen LogP contribution in [0.5, 0.6) is 0 Å². The predicted octanol–water partition coefficient (Wildman–Crippen LogP) is 4.20. The maximum Gasteiger partial charge on any atom is 0.0135 e. The van der Waals surface area contributed by atoms with Gasteiger partial charge in [-0.3, -0.25) is 0 Å². The van der Waals surface area contributed by atoms with E-state index in [4.69, 9.17) is 0 Å². The van der Waals surface area contributed by atoms with E-state index in [0.29, 0.717) is 12.0 Å². The van der Waals surface area contributed by atoms with Gasteiger partial charge in [0.1, 0.15) is 0 Å². The molecule has 0 radical (unpaired) electrons. The van der Waals surface area contributed by atoms with Gasteiger partial charge in [0, 0.05) is 6.04 Å². The molecule has 1 heteroatoms. The molecular weight excluding hydrogens is 218 g/mol. The minimum Gasteiger partial charge on any atom is -0.313 e. The van der Waals surface area contributed by atoms with Crippen LogP contribution in [0, 0.1) is 18.8 Å². The first-order chi connectivity index (χ1) is 8.54. The lowest BCUT2D eigenvalue weighted by Crippen LogP contribution is -2.39. The molecular formula is C17H29N. The van der Waals surface area contributed by atoms with Gasteiger partial charge in [-0.15, -0.1) is 0 Å². The van der Waals surface area contributed by atoms with Gasteiger partial charge < -0.3 is 5.32 Å². The van der Waals surface area contributed by atoms with Crippen LogP contribution >= 0.6 is 0 Å². The molecule has 0 amide bonds. The summed E-state index contributed by atoms with van der Waals surface area (Å²) >= 11 is 0. The molecule has 0 aliphatic rings. The highest BCUT2D eigenvalue weighted by molar-refractivity contribution is 5.22. The predicted molar refractivity (Wildman–Crippen MR) is 81.0 cm³/mol. The summed E-state index contributed by atoms with van der Waals surface area (Å²) in [6, 6.07) is 9.55. The topological polar surface area (TPSA) is 12.0 Å². The Morgan fingerprint density at radius 2 is 1.67 bits per heavy atom. The average molecular weight is 247 g/mol. The summed E-state index contributed by atoms with van der Waals surface area (Å²) in [6.07, 6.45) is 2.34. The van der Waals surface area contributed by atoms with E-state index in [-0.39, 0.29) is 0 Å².